The Morgan fingerprint density at radius 2 is 1.60 bits per heavy atom. The van der Waals surface area contributed by atoms with Crippen molar-refractivity contribution in [2.75, 3.05) is 4.90 Å². The van der Waals surface area contributed by atoms with Gasteiger partial charge >= 0.3 is 0 Å². The first-order valence-corrected chi connectivity index (χ1v) is 19.3. The van der Waals surface area contributed by atoms with E-state index in [1.165, 1.54) is 89.1 Å². The number of allylic oxidation sites excluding steroid dienone is 13. The Kier molecular flexibility index (Phi) is 6.18. The fraction of sp³-hybridized carbons (Fsp3) is 0.240. The molecule has 3 heterocycles. The molecule has 0 spiro atoms. The minimum absolute atomic E-state index is 0.0451. The Bertz CT molecular complexity index is 2640. The van der Waals surface area contributed by atoms with Crippen molar-refractivity contribution in [1.82, 2.24) is 4.57 Å². The van der Waals surface area contributed by atoms with Crippen LogP contribution in [0.15, 0.2) is 144 Å². The van der Waals surface area contributed by atoms with Gasteiger partial charge < -0.3 is 9.47 Å². The third kappa shape index (κ3) is 4.07. The van der Waals surface area contributed by atoms with Crippen molar-refractivity contribution in [3.63, 3.8) is 0 Å². The molecule has 2 heteroatoms. The number of para-hydroxylation sites is 1. The van der Waals surface area contributed by atoms with Crippen molar-refractivity contribution >= 4 is 45.0 Å². The van der Waals surface area contributed by atoms with Crippen molar-refractivity contribution in [3.05, 3.63) is 167 Å². The summed E-state index contributed by atoms with van der Waals surface area (Å²) in [5.41, 5.74) is 19.1. The van der Waals surface area contributed by atoms with Gasteiger partial charge in [-0.1, -0.05) is 125 Å². The van der Waals surface area contributed by atoms with Crippen LogP contribution in [0, 0.1) is 11.8 Å². The molecule has 2 unspecified atom stereocenters. The van der Waals surface area contributed by atoms with Crippen LogP contribution in [0.5, 0.6) is 0 Å². The number of aryl methyl sites for hydroxylation is 1. The molecule has 2 nitrogen and oxygen atoms in total. The molecular weight excluding hydrogens is 629 g/mol. The summed E-state index contributed by atoms with van der Waals surface area (Å²) < 4.78 is 2.70. The van der Waals surface area contributed by atoms with Crippen LogP contribution in [-0.2, 0) is 17.3 Å². The number of hydrogen-bond donors (Lipinski definition) is 0. The zero-order valence-electron chi connectivity index (χ0n) is 30.6. The summed E-state index contributed by atoms with van der Waals surface area (Å²) in [6, 6.07) is 28.4. The number of hydrogen-bond acceptors (Lipinski definition) is 1. The summed E-state index contributed by atoms with van der Waals surface area (Å²) in [7, 11) is 0. The van der Waals surface area contributed by atoms with E-state index >= 15 is 0 Å². The number of anilines is 2. The number of rotatable bonds is 4. The lowest BCUT2D eigenvalue weighted by Gasteiger charge is -2.48. The van der Waals surface area contributed by atoms with Crippen LogP contribution < -0.4 is 4.90 Å². The van der Waals surface area contributed by atoms with Gasteiger partial charge in [-0.05, 0) is 107 Å². The van der Waals surface area contributed by atoms with Gasteiger partial charge in [0.1, 0.15) is 0 Å². The van der Waals surface area contributed by atoms with Crippen molar-refractivity contribution in [3.8, 4) is 11.1 Å². The molecule has 4 aliphatic carbocycles. The average molecular weight is 673 g/mol. The molecule has 52 heavy (non-hydrogen) atoms. The quantitative estimate of drug-likeness (QED) is 0.184. The van der Waals surface area contributed by atoms with Gasteiger partial charge in [-0.3, -0.25) is 0 Å². The van der Waals surface area contributed by atoms with Crippen molar-refractivity contribution in [2.24, 2.45) is 11.8 Å². The van der Waals surface area contributed by atoms with Crippen LogP contribution >= 0.6 is 0 Å². The van der Waals surface area contributed by atoms with Crippen LogP contribution in [0.2, 0.25) is 0 Å². The monoisotopic (exact) mass is 672 g/mol. The molecule has 0 amide bonds. The van der Waals surface area contributed by atoms with Gasteiger partial charge in [0.25, 0.3) is 0 Å². The smallest absolute Gasteiger partial charge is 0.0580 e. The van der Waals surface area contributed by atoms with E-state index in [0.29, 0.717) is 11.8 Å². The molecule has 1 aromatic heterocycles. The maximum absolute atomic E-state index is 2.70. The average Bonchev–Trinajstić information content (AvgIpc) is 3.51. The van der Waals surface area contributed by atoms with Gasteiger partial charge in [0.15, 0.2) is 0 Å². The second-order valence-electron chi connectivity index (χ2n) is 16.9. The van der Waals surface area contributed by atoms with E-state index < -0.39 is 0 Å². The molecule has 6 aliphatic rings. The highest BCUT2D eigenvalue weighted by atomic mass is 15.2. The topological polar surface area (TPSA) is 8.17 Å². The van der Waals surface area contributed by atoms with E-state index in [4.69, 9.17) is 0 Å². The lowest BCUT2D eigenvalue weighted by molar-refractivity contribution is 0.371. The maximum Gasteiger partial charge on any atom is 0.0580 e. The maximum atomic E-state index is 2.70. The zero-order valence-corrected chi connectivity index (χ0v) is 30.6. The highest BCUT2D eigenvalue weighted by Gasteiger charge is 2.48. The first kappa shape index (κ1) is 30.3. The molecule has 0 saturated heterocycles. The molecule has 4 aromatic carbocycles. The third-order valence-corrected chi connectivity index (χ3v) is 13.4. The zero-order chi connectivity index (χ0) is 34.9. The SMILES string of the molecule is CC1(C)C2=C3C(CC=C2)C(C)(C)c2cccc4c5cc(N(C6=CC=C7C=CC=CC7C6)c6cccc(-c7ccc8c(c7)C=CCC8)c6)cc1c5n3c24. The van der Waals surface area contributed by atoms with E-state index in [-0.39, 0.29) is 10.8 Å². The van der Waals surface area contributed by atoms with Gasteiger partial charge in [-0.2, -0.15) is 0 Å². The molecule has 0 radical (unpaired) electrons. The van der Waals surface area contributed by atoms with E-state index in [9.17, 15) is 0 Å². The Morgan fingerprint density at radius 1 is 0.731 bits per heavy atom. The van der Waals surface area contributed by atoms with E-state index in [1.807, 2.05) is 0 Å². The van der Waals surface area contributed by atoms with E-state index in [2.05, 4.69) is 171 Å². The minimum Gasteiger partial charge on any atom is -0.314 e. The first-order chi connectivity index (χ1) is 25.3. The number of fused-ring (bicyclic) bond motifs is 3. The first-order valence-electron chi connectivity index (χ1n) is 19.3. The van der Waals surface area contributed by atoms with Crippen LogP contribution in [0.4, 0.5) is 11.4 Å². The predicted octanol–water partition coefficient (Wildman–Crippen LogP) is 12.9. The van der Waals surface area contributed by atoms with Crippen LogP contribution in [0.25, 0.3) is 44.7 Å². The Morgan fingerprint density at radius 3 is 2.52 bits per heavy atom. The minimum atomic E-state index is -0.147. The van der Waals surface area contributed by atoms with Crippen molar-refractivity contribution in [1.29, 1.82) is 0 Å². The van der Waals surface area contributed by atoms with E-state index in [1.54, 1.807) is 0 Å². The lowest BCUT2D eigenvalue weighted by Crippen LogP contribution is -2.40. The number of benzene rings is 4. The summed E-state index contributed by atoms with van der Waals surface area (Å²) in [5, 5.41) is 2.74. The molecule has 2 atom stereocenters. The summed E-state index contributed by atoms with van der Waals surface area (Å²) >= 11 is 0. The molecule has 5 aromatic rings. The molecular formula is C50H44N2. The molecule has 0 saturated carbocycles. The predicted molar refractivity (Wildman–Crippen MR) is 220 cm³/mol. The highest BCUT2D eigenvalue weighted by Crippen LogP contribution is 2.59. The third-order valence-electron chi connectivity index (χ3n) is 13.4. The fourth-order valence-corrected chi connectivity index (χ4v) is 10.6. The van der Waals surface area contributed by atoms with Crippen LogP contribution in [0.1, 0.15) is 69.2 Å². The Labute approximate surface area is 307 Å². The summed E-state index contributed by atoms with van der Waals surface area (Å²) in [4.78, 5) is 2.58. The number of aromatic nitrogens is 1. The molecule has 0 fully saturated rings. The van der Waals surface area contributed by atoms with Gasteiger partial charge in [0.05, 0.1) is 11.0 Å². The standard InChI is InChI=1S/C50H44N2/c1-49(2)42-19-10-18-40-41-29-39(30-45-47(41)52(46(40)42)48-43(49)20-11-21-44(48)50(45,3)4)51(38-25-24-32-13-6-8-15-34(32)27-38)37-17-9-16-35(28-37)36-23-22-31-12-5-7-14-33(31)26-36/h6-11,13-19,21-26,28-30,34,43H,5,12,20,27H2,1-4H3. The fourth-order valence-electron chi connectivity index (χ4n) is 10.6. The van der Waals surface area contributed by atoms with Gasteiger partial charge in [-0.25, -0.2) is 0 Å². The van der Waals surface area contributed by atoms with Crippen LogP contribution in [-0.4, -0.2) is 4.57 Å². The van der Waals surface area contributed by atoms with E-state index in [0.717, 1.165) is 25.7 Å². The second kappa shape index (κ2) is 10.6. The summed E-state index contributed by atoms with van der Waals surface area (Å²) in [5.74, 6) is 0.831. The Hall–Kier alpha value is -5.34. The Balaban J connectivity index is 1.17. The number of nitrogens with zero attached hydrogens (tertiary/aromatic N) is 2. The molecule has 0 bridgehead atoms. The van der Waals surface area contributed by atoms with Gasteiger partial charge in [-0.15, -0.1) is 0 Å². The van der Waals surface area contributed by atoms with Gasteiger partial charge in [0.2, 0.25) is 0 Å². The van der Waals surface area contributed by atoms with Crippen molar-refractivity contribution in [2.45, 2.75) is 64.2 Å². The molecule has 2 aliphatic heterocycles. The van der Waals surface area contributed by atoms with Crippen molar-refractivity contribution < 1.29 is 0 Å². The summed E-state index contributed by atoms with van der Waals surface area (Å²) in [6.45, 7) is 9.89. The second-order valence-corrected chi connectivity index (χ2v) is 16.9. The lowest BCUT2D eigenvalue weighted by atomic mass is 9.62. The largest absolute Gasteiger partial charge is 0.314 e. The molecule has 11 rings (SSSR count). The normalized spacial score (nSPS) is 22.5. The summed E-state index contributed by atoms with van der Waals surface area (Å²) in [6.07, 6.45) is 27.6. The molecule has 0 N–H and O–H groups in total. The molecule has 254 valence electrons. The highest BCUT2D eigenvalue weighted by molar-refractivity contribution is 6.16. The van der Waals surface area contributed by atoms with Crippen LogP contribution in [0.3, 0.4) is 0 Å². The van der Waals surface area contributed by atoms with Gasteiger partial charge in [0, 0.05) is 56.2 Å².